The van der Waals surface area contributed by atoms with E-state index in [-0.39, 0.29) is 19.6 Å². The highest BCUT2D eigenvalue weighted by Gasteiger charge is 2.26. The third-order valence-electron chi connectivity index (χ3n) is 7.78. The minimum atomic E-state index is -4.51. The number of hydrogen-bond acceptors (Lipinski definition) is 8. The van der Waals surface area contributed by atoms with E-state index in [1.54, 1.807) is 0 Å². The first-order valence-electron chi connectivity index (χ1n) is 19.1. The van der Waals surface area contributed by atoms with Gasteiger partial charge in [-0.25, -0.2) is 4.57 Å². The molecule has 0 rings (SSSR count). The SMILES string of the molecule is CC/C=C\C/C=C\C/C=C\C/C=C\CCCCCCCOCC(COP(=O)(O)OCC(O)CO)OC(=O)CCCCCCCCCCCC. The Morgan fingerprint density at radius 3 is 1.76 bits per heavy atom. The van der Waals surface area contributed by atoms with Crippen molar-refractivity contribution in [2.75, 3.05) is 33.0 Å². The fourth-order valence-corrected chi connectivity index (χ4v) is 5.66. The van der Waals surface area contributed by atoms with E-state index in [2.05, 4.69) is 62.5 Å². The third kappa shape index (κ3) is 36.0. The van der Waals surface area contributed by atoms with Crippen LogP contribution in [0.15, 0.2) is 48.6 Å². The predicted octanol–water partition coefficient (Wildman–Crippen LogP) is 9.86. The van der Waals surface area contributed by atoms with E-state index in [1.165, 1.54) is 44.9 Å². The van der Waals surface area contributed by atoms with E-state index < -0.39 is 39.2 Å². The summed E-state index contributed by atoms with van der Waals surface area (Å²) < 4.78 is 33.2. The monoisotopic (exact) mass is 714 g/mol. The Bertz CT molecular complexity index is 903. The largest absolute Gasteiger partial charge is 0.472 e. The minimum absolute atomic E-state index is 0.0366. The molecule has 0 aliphatic rings. The van der Waals surface area contributed by atoms with E-state index >= 15 is 0 Å². The van der Waals surface area contributed by atoms with Crippen molar-refractivity contribution >= 4 is 13.8 Å². The molecule has 0 bridgehead atoms. The van der Waals surface area contributed by atoms with Gasteiger partial charge in [0.15, 0.2) is 0 Å². The lowest BCUT2D eigenvalue weighted by Gasteiger charge is -2.20. The number of ether oxygens (including phenoxy) is 2. The number of allylic oxidation sites excluding steroid dienone is 8. The Balaban J connectivity index is 4.24. The number of aliphatic hydroxyl groups is 2. The predicted molar refractivity (Wildman–Crippen MR) is 200 cm³/mol. The summed E-state index contributed by atoms with van der Waals surface area (Å²) in [5.74, 6) is -0.394. The molecule has 0 radical (unpaired) electrons. The minimum Gasteiger partial charge on any atom is -0.457 e. The summed E-state index contributed by atoms with van der Waals surface area (Å²) >= 11 is 0. The second-order valence-corrected chi connectivity index (χ2v) is 14.0. The lowest BCUT2D eigenvalue weighted by atomic mass is 10.1. The van der Waals surface area contributed by atoms with Gasteiger partial charge in [-0.05, 0) is 51.4 Å². The molecule has 0 fully saturated rings. The van der Waals surface area contributed by atoms with Gasteiger partial charge in [-0.1, -0.05) is 140 Å². The van der Waals surface area contributed by atoms with Crippen molar-refractivity contribution in [2.45, 2.75) is 161 Å². The zero-order valence-electron chi connectivity index (χ0n) is 30.9. The standard InChI is InChI=1S/C39H71O9P/c1-3-5-7-9-11-13-15-16-17-18-19-20-21-22-24-26-28-30-32-45-35-38(36-47-49(43,44)46-34-37(41)33-40)48-39(42)31-29-27-25-23-14-12-10-8-6-4-2/h5,7,11,13,16-17,19-20,37-38,40-41H,3-4,6,8-10,12,14-15,18,21-36H2,1-2H3,(H,43,44)/b7-5-,13-11-,17-16-,20-19-. The van der Waals surface area contributed by atoms with Gasteiger partial charge in [0, 0.05) is 13.0 Å². The molecule has 0 aromatic heterocycles. The maximum absolute atomic E-state index is 12.5. The van der Waals surface area contributed by atoms with Gasteiger partial charge in [0.2, 0.25) is 0 Å². The lowest BCUT2D eigenvalue weighted by Crippen LogP contribution is -2.29. The molecular formula is C39H71O9P. The molecule has 3 unspecified atom stereocenters. The first-order valence-corrected chi connectivity index (χ1v) is 20.6. The molecule has 3 atom stereocenters. The molecule has 0 heterocycles. The molecule has 0 aromatic carbocycles. The number of phosphoric ester groups is 1. The summed E-state index contributed by atoms with van der Waals surface area (Å²) in [4.78, 5) is 22.4. The Morgan fingerprint density at radius 1 is 0.653 bits per heavy atom. The highest BCUT2D eigenvalue weighted by molar-refractivity contribution is 7.47. The summed E-state index contributed by atoms with van der Waals surface area (Å²) in [5, 5.41) is 18.3. The first-order chi connectivity index (χ1) is 23.8. The Labute approximate surface area is 298 Å². The molecule has 0 aliphatic carbocycles. The molecule has 0 aromatic rings. The number of carbonyl (C=O) groups excluding carboxylic acids is 1. The zero-order valence-corrected chi connectivity index (χ0v) is 31.8. The molecule has 49 heavy (non-hydrogen) atoms. The molecule has 0 saturated carbocycles. The fraction of sp³-hybridized carbons (Fsp3) is 0.769. The average molecular weight is 715 g/mol. The number of hydrogen-bond donors (Lipinski definition) is 3. The van der Waals surface area contributed by atoms with Crippen LogP contribution in [0.1, 0.15) is 149 Å². The van der Waals surface area contributed by atoms with Gasteiger partial charge in [-0.2, -0.15) is 0 Å². The van der Waals surface area contributed by atoms with Crippen LogP contribution in [0.5, 0.6) is 0 Å². The van der Waals surface area contributed by atoms with Crippen LogP contribution in [0.25, 0.3) is 0 Å². The van der Waals surface area contributed by atoms with Crippen molar-refractivity contribution in [3.8, 4) is 0 Å². The van der Waals surface area contributed by atoms with Crippen molar-refractivity contribution in [3.05, 3.63) is 48.6 Å². The number of carbonyl (C=O) groups is 1. The molecule has 0 spiro atoms. The molecule has 10 heteroatoms. The summed E-state index contributed by atoms with van der Waals surface area (Å²) in [6, 6.07) is 0. The third-order valence-corrected chi connectivity index (χ3v) is 8.73. The zero-order chi connectivity index (χ0) is 36.1. The van der Waals surface area contributed by atoms with Gasteiger partial charge in [-0.15, -0.1) is 0 Å². The van der Waals surface area contributed by atoms with Crippen molar-refractivity contribution < 1.29 is 43.0 Å². The molecule has 0 aliphatic heterocycles. The molecule has 286 valence electrons. The second-order valence-electron chi connectivity index (χ2n) is 12.6. The average Bonchev–Trinajstić information content (AvgIpc) is 3.09. The van der Waals surface area contributed by atoms with Gasteiger partial charge >= 0.3 is 13.8 Å². The molecule has 9 nitrogen and oxygen atoms in total. The Kier molecular flexibility index (Phi) is 35.1. The van der Waals surface area contributed by atoms with Gasteiger partial charge in [0.25, 0.3) is 0 Å². The highest BCUT2D eigenvalue weighted by atomic mass is 31.2. The quantitative estimate of drug-likeness (QED) is 0.0251. The van der Waals surface area contributed by atoms with Crippen LogP contribution in [0.4, 0.5) is 0 Å². The fourth-order valence-electron chi connectivity index (χ4n) is 4.87. The van der Waals surface area contributed by atoms with Gasteiger partial charge < -0.3 is 24.6 Å². The van der Waals surface area contributed by atoms with Crippen molar-refractivity contribution in [2.24, 2.45) is 0 Å². The van der Waals surface area contributed by atoms with Gasteiger partial charge in [0.1, 0.15) is 12.2 Å². The van der Waals surface area contributed by atoms with Gasteiger partial charge in [0.05, 0.1) is 26.4 Å². The summed E-state index contributed by atoms with van der Waals surface area (Å²) in [6.07, 6.45) is 37.9. The maximum atomic E-state index is 12.5. The summed E-state index contributed by atoms with van der Waals surface area (Å²) in [7, 11) is -4.51. The normalized spacial score (nSPS) is 14.8. The van der Waals surface area contributed by atoms with Crippen LogP contribution in [-0.4, -0.2) is 66.3 Å². The van der Waals surface area contributed by atoms with Crippen LogP contribution < -0.4 is 0 Å². The van der Waals surface area contributed by atoms with Gasteiger partial charge in [-0.3, -0.25) is 13.8 Å². The Hall–Kier alpha value is -1.58. The maximum Gasteiger partial charge on any atom is 0.472 e. The van der Waals surface area contributed by atoms with Crippen molar-refractivity contribution in [1.29, 1.82) is 0 Å². The van der Waals surface area contributed by atoms with Crippen LogP contribution in [0, 0.1) is 0 Å². The van der Waals surface area contributed by atoms with E-state index in [0.29, 0.717) is 6.61 Å². The van der Waals surface area contributed by atoms with Crippen LogP contribution in [-0.2, 0) is 27.9 Å². The van der Waals surface area contributed by atoms with Crippen LogP contribution in [0.2, 0.25) is 0 Å². The first kappa shape index (κ1) is 47.4. The molecule has 0 amide bonds. The highest BCUT2D eigenvalue weighted by Crippen LogP contribution is 2.43. The van der Waals surface area contributed by atoms with E-state index in [0.717, 1.165) is 83.5 Å². The smallest absolute Gasteiger partial charge is 0.457 e. The summed E-state index contributed by atoms with van der Waals surface area (Å²) in [6.45, 7) is 3.33. The number of esters is 1. The Morgan fingerprint density at radius 2 is 1.16 bits per heavy atom. The topological polar surface area (TPSA) is 132 Å². The van der Waals surface area contributed by atoms with E-state index in [1.807, 2.05) is 0 Å². The molecule has 0 saturated heterocycles. The van der Waals surface area contributed by atoms with E-state index in [4.69, 9.17) is 23.6 Å². The number of unbranched alkanes of at least 4 members (excludes halogenated alkanes) is 14. The second kappa shape index (κ2) is 36.2. The van der Waals surface area contributed by atoms with Crippen LogP contribution in [0.3, 0.4) is 0 Å². The van der Waals surface area contributed by atoms with E-state index in [9.17, 15) is 19.4 Å². The lowest BCUT2D eigenvalue weighted by molar-refractivity contribution is -0.154. The number of aliphatic hydroxyl groups excluding tert-OH is 2. The molecule has 3 N–H and O–H groups in total. The number of phosphoric acid groups is 1. The summed E-state index contributed by atoms with van der Waals surface area (Å²) in [5.41, 5.74) is 0. The molecular weight excluding hydrogens is 643 g/mol. The van der Waals surface area contributed by atoms with Crippen LogP contribution >= 0.6 is 7.82 Å². The number of rotatable bonds is 36. The van der Waals surface area contributed by atoms with Crippen molar-refractivity contribution in [3.63, 3.8) is 0 Å². The van der Waals surface area contributed by atoms with Crippen molar-refractivity contribution in [1.82, 2.24) is 0 Å².